The third-order valence-corrected chi connectivity index (χ3v) is 6.82. The fraction of sp³-hybridized carbons (Fsp3) is 0.429. The molecular formula is C28H33ClFNO2. The van der Waals surface area contributed by atoms with Gasteiger partial charge < -0.3 is 9.84 Å². The van der Waals surface area contributed by atoms with Gasteiger partial charge in [-0.15, -0.1) is 18.8 Å². The van der Waals surface area contributed by atoms with E-state index in [9.17, 15) is 9.50 Å². The van der Waals surface area contributed by atoms with Gasteiger partial charge >= 0.3 is 0 Å². The maximum absolute atomic E-state index is 13.1. The number of hydrogen-bond acceptors (Lipinski definition) is 3. The average Bonchev–Trinajstić information content (AvgIpc) is 2.74. The van der Waals surface area contributed by atoms with Crippen LogP contribution in [-0.2, 0) is 6.42 Å². The molecule has 5 heteroatoms. The van der Waals surface area contributed by atoms with Gasteiger partial charge in [-0.1, -0.05) is 25.0 Å². The van der Waals surface area contributed by atoms with E-state index in [4.69, 9.17) is 11.2 Å². The van der Waals surface area contributed by atoms with Crippen molar-refractivity contribution in [2.75, 3.05) is 19.6 Å². The lowest BCUT2D eigenvalue weighted by Crippen LogP contribution is -2.42. The van der Waals surface area contributed by atoms with E-state index >= 15 is 0 Å². The van der Waals surface area contributed by atoms with Crippen LogP contribution in [0.15, 0.2) is 42.0 Å². The van der Waals surface area contributed by atoms with Crippen molar-refractivity contribution in [3.8, 4) is 23.8 Å². The molecule has 3 nitrogen and oxygen atoms in total. The van der Waals surface area contributed by atoms with Crippen molar-refractivity contribution in [1.82, 2.24) is 4.90 Å². The van der Waals surface area contributed by atoms with Crippen molar-refractivity contribution < 1.29 is 14.2 Å². The summed E-state index contributed by atoms with van der Waals surface area (Å²) in [6.07, 6.45) is 9.31. The quantitative estimate of drug-likeness (QED) is 0.501. The molecule has 0 amide bonds. The van der Waals surface area contributed by atoms with E-state index in [0.29, 0.717) is 6.54 Å². The molecule has 0 saturated heterocycles. The zero-order valence-electron chi connectivity index (χ0n) is 19.7. The minimum absolute atomic E-state index is 0. The number of rotatable bonds is 6. The third-order valence-electron chi connectivity index (χ3n) is 6.82. The Balaban J connectivity index is 0.00000306. The van der Waals surface area contributed by atoms with E-state index in [2.05, 4.69) is 37.7 Å². The highest BCUT2D eigenvalue weighted by atomic mass is 35.5. The highest BCUT2D eigenvalue weighted by molar-refractivity contribution is 5.85. The highest BCUT2D eigenvalue weighted by Crippen LogP contribution is 2.48. The lowest BCUT2D eigenvalue weighted by Gasteiger charge is -2.42. The summed E-state index contributed by atoms with van der Waals surface area (Å²) in [7, 11) is 0. The molecule has 1 N–H and O–H groups in total. The van der Waals surface area contributed by atoms with Gasteiger partial charge in [0.05, 0.1) is 12.1 Å². The summed E-state index contributed by atoms with van der Waals surface area (Å²) in [6, 6.07) is 10.7. The van der Waals surface area contributed by atoms with Crippen molar-refractivity contribution in [2.24, 2.45) is 0 Å². The second-order valence-corrected chi connectivity index (χ2v) is 9.57. The van der Waals surface area contributed by atoms with Gasteiger partial charge in [0.15, 0.2) is 0 Å². The van der Waals surface area contributed by atoms with Gasteiger partial charge in [-0.2, -0.15) is 0 Å². The molecule has 2 heterocycles. The van der Waals surface area contributed by atoms with E-state index in [1.807, 2.05) is 18.2 Å². The lowest BCUT2D eigenvalue weighted by atomic mass is 9.80. The Hall–Kier alpha value is -2.48. The molecule has 2 aromatic rings. The number of halogens is 2. The molecule has 0 saturated carbocycles. The predicted octanol–water partition coefficient (Wildman–Crippen LogP) is 6.34. The molecule has 2 aliphatic heterocycles. The molecule has 2 aliphatic rings. The number of phenolic OH excluding ortho intramolecular Hbond substituents is 1. The molecule has 4 rings (SSSR count). The van der Waals surface area contributed by atoms with Crippen molar-refractivity contribution in [2.45, 2.75) is 58.0 Å². The van der Waals surface area contributed by atoms with Crippen LogP contribution < -0.4 is 4.74 Å². The Bertz CT molecular complexity index is 1070. The van der Waals surface area contributed by atoms with E-state index in [1.54, 1.807) is 0 Å². The van der Waals surface area contributed by atoms with Crippen molar-refractivity contribution in [3.63, 3.8) is 0 Å². The van der Waals surface area contributed by atoms with Gasteiger partial charge in [0.2, 0.25) is 0 Å². The summed E-state index contributed by atoms with van der Waals surface area (Å²) in [6.45, 7) is 8.65. The van der Waals surface area contributed by atoms with Crippen LogP contribution in [0.25, 0.3) is 5.57 Å². The van der Waals surface area contributed by atoms with Crippen LogP contribution in [0.3, 0.4) is 0 Å². The summed E-state index contributed by atoms with van der Waals surface area (Å²) < 4.78 is 19.5. The second kappa shape index (κ2) is 10.2. The molecule has 0 spiro atoms. The normalized spacial score (nSPS) is 17.8. The third kappa shape index (κ3) is 5.37. The second-order valence-electron chi connectivity index (χ2n) is 9.57. The first kappa shape index (κ1) is 25.1. The van der Waals surface area contributed by atoms with Crippen LogP contribution in [-0.4, -0.2) is 35.2 Å². The zero-order chi connectivity index (χ0) is 22.9. The van der Waals surface area contributed by atoms with E-state index < -0.39 is 5.60 Å². The van der Waals surface area contributed by atoms with Crippen molar-refractivity contribution in [3.05, 3.63) is 64.5 Å². The molecule has 0 bridgehead atoms. The Morgan fingerprint density at radius 3 is 2.67 bits per heavy atom. The number of ether oxygens (including phenoxy) is 1. The van der Waals surface area contributed by atoms with Gasteiger partial charge in [-0.05, 0) is 92.0 Å². The Morgan fingerprint density at radius 1 is 1.24 bits per heavy atom. The van der Waals surface area contributed by atoms with Gasteiger partial charge in [0.1, 0.15) is 22.9 Å². The molecule has 2 aromatic carbocycles. The molecular weight excluding hydrogens is 437 g/mol. The molecule has 0 aliphatic carbocycles. The number of nitrogens with zero attached hydrogens (tertiary/aromatic N) is 1. The van der Waals surface area contributed by atoms with Crippen LogP contribution in [0.5, 0.6) is 11.5 Å². The summed E-state index contributed by atoms with van der Waals surface area (Å²) >= 11 is 0. The first-order valence-corrected chi connectivity index (χ1v) is 11.5. The van der Waals surface area contributed by atoms with E-state index in [1.165, 1.54) is 17.7 Å². The van der Waals surface area contributed by atoms with Crippen LogP contribution >= 0.6 is 12.4 Å². The number of hydrogen-bond donors (Lipinski definition) is 1. The number of aryl methyl sites for hydroxylation is 1. The minimum atomic E-state index is -0.401. The molecule has 1 atom stereocenters. The Kier molecular flexibility index (Phi) is 7.77. The number of aromatic hydroxyl groups is 1. The van der Waals surface area contributed by atoms with E-state index in [0.717, 1.165) is 66.8 Å². The number of benzene rings is 2. The van der Waals surface area contributed by atoms with Gasteiger partial charge in [0.25, 0.3) is 0 Å². The molecule has 0 aromatic heterocycles. The largest absolute Gasteiger partial charge is 0.507 e. The summed E-state index contributed by atoms with van der Waals surface area (Å²) in [4.78, 5) is 2.25. The standard InChI is InChI=1S/C28H32FNO2.ClH/c1-5-14-30-15-13-24-23(18-30)27-25(31)16-21(17-26(27)32-28(24,3)4)19(2)7-6-8-20-9-11-22(29)12-10-20;/h1,9-12,16-17,19,31H,6-8,13-15,18H2,2-4H3;1H. The van der Waals surface area contributed by atoms with Crippen molar-refractivity contribution in [1.29, 1.82) is 0 Å². The van der Waals surface area contributed by atoms with Crippen LogP contribution in [0, 0.1) is 18.2 Å². The topological polar surface area (TPSA) is 32.7 Å². The zero-order valence-corrected chi connectivity index (χ0v) is 20.5. The summed E-state index contributed by atoms with van der Waals surface area (Å²) in [5.74, 6) is 3.86. The smallest absolute Gasteiger partial charge is 0.132 e. The maximum Gasteiger partial charge on any atom is 0.132 e. The first-order chi connectivity index (χ1) is 15.3. The SMILES string of the molecule is C#CCN1CCC2=C(C1)c1c(O)cc(C(C)CCCc3ccc(F)cc3)cc1OC2(C)C.Cl. The van der Waals surface area contributed by atoms with E-state index in [-0.39, 0.29) is 29.9 Å². The van der Waals surface area contributed by atoms with Gasteiger partial charge in [-0.3, -0.25) is 4.90 Å². The average molecular weight is 470 g/mol. The molecule has 1 unspecified atom stereocenters. The first-order valence-electron chi connectivity index (χ1n) is 11.5. The molecule has 0 radical (unpaired) electrons. The van der Waals surface area contributed by atoms with Gasteiger partial charge in [-0.25, -0.2) is 4.39 Å². The van der Waals surface area contributed by atoms with Crippen LogP contribution in [0.1, 0.15) is 62.6 Å². The highest BCUT2D eigenvalue weighted by Gasteiger charge is 2.39. The van der Waals surface area contributed by atoms with Crippen LogP contribution in [0.4, 0.5) is 4.39 Å². The minimum Gasteiger partial charge on any atom is -0.507 e. The fourth-order valence-corrected chi connectivity index (χ4v) is 5.03. The Labute approximate surface area is 203 Å². The number of fused-ring (bicyclic) bond motifs is 2. The lowest BCUT2D eigenvalue weighted by molar-refractivity contribution is 0.131. The Morgan fingerprint density at radius 2 is 1.97 bits per heavy atom. The summed E-state index contributed by atoms with van der Waals surface area (Å²) in [5, 5.41) is 11.0. The molecule has 0 fully saturated rings. The predicted molar refractivity (Wildman–Crippen MR) is 135 cm³/mol. The molecule has 33 heavy (non-hydrogen) atoms. The van der Waals surface area contributed by atoms with Gasteiger partial charge in [0, 0.05) is 13.1 Å². The van der Waals surface area contributed by atoms with Crippen LogP contribution in [0.2, 0.25) is 0 Å². The maximum atomic E-state index is 13.1. The monoisotopic (exact) mass is 469 g/mol. The van der Waals surface area contributed by atoms with Crippen molar-refractivity contribution >= 4 is 18.0 Å². The molecule has 176 valence electrons. The number of phenols is 1. The number of terminal acetylenes is 1. The summed E-state index contributed by atoms with van der Waals surface area (Å²) in [5.41, 5.74) is 5.06. The fourth-order valence-electron chi connectivity index (χ4n) is 5.03.